The van der Waals surface area contributed by atoms with Gasteiger partial charge in [-0.25, -0.2) is 0 Å². The second kappa shape index (κ2) is 6.90. The molecule has 0 radical (unpaired) electrons. The van der Waals surface area contributed by atoms with Crippen LogP contribution in [0.5, 0.6) is 0 Å². The quantitative estimate of drug-likeness (QED) is 0.830. The van der Waals surface area contributed by atoms with Crippen LogP contribution in [0.2, 0.25) is 0 Å². The number of rotatable bonds is 5. The summed E-state index contributed by atoms with van der Waals surface area (Å²) in [6.07, 6.45) is 0. The lowest BCUT2D eigenvalue weighted by Crippen LogP contribution is -2.24. The van der Waals surface area contributed by atoms with E-state index in [0.29, 0.717) is 24.4 Å². The third-order valence-corrected chi connectivity index (χ3v) is 3.38. The van der Waals surface area contributed by atoms with Gasteiger partial charge in [-0.05, 0) is 35.7 Å². The first-order chi connectivity index (χ1) is 10.1. The van der Waals surface area contributed by atoms with Crippen molar-refractivity contribution in [2.75, 3.05) is 12.8 Å². The summed E-state index contributed by atoms with van der Waals surface area (Å²) >= 11 is 0. The number of hydrogen-bond acceptors (Lipinski definition) is 3. The van der Waals surface area contributed by atoms with E-state index >= 15 is 0 Å². The first-order valence-electron chi connectivity index (χ1n) is 6.82. The Morgan fingerprint density at radius 1 is 1.19 bits per heavy atom. The van der Waals surface area contributed by atoms with E-state index in [1.807, 2.05) is 31.2 Å². The molecule has 110 valence electrons. The van der Waals surface area contributed by atoms with Gasteiger partial charge in [0.2, 0.25) is 0 Å². The predicted molar refractivity (Wildman–Crippen MR) is 83.9 cm³/mol. The van der Waals surface area contributed by atoms with E-state index in [-0.39, 0.29) is 5.91 Å². The van der Waals surface area contributed by atoms with E-state index < -0.39 is 0 Å². The lowest BCUT2D eigenvalue weighted by molar-refractivity contribution is 0.0950. The molecule has 2 aromatic carbocycles. The molecule has 3 N–H and O–H groups in total. The Morgan fingerprint density at radius 3 is 2.67 bits per heavy atom. The number of nitrogens with two attached hydrogens (primary N) is 1. The molecule has 0 unspecified atom stereocenters. The third-order valence-electron chi connectivity index (χ3n) is 3.38. The second-order valence-electron chi connectivity index (χ2n) is 4.96. The minimum absolute atomic E-state index is 0.114. The molecule has 0 atom stereocenters. The van der Waals surface area contributed by atoms with Gasteiger partial charge in [-0.15, -0.1) is 0 Å². The molecule has 1 amide bonds. The van der Waals surface area contributed by atoms with E-state index in [0.717, 1.165) is 16.7 Å². The van der Waals surface area contributed by atoms with Crippen LogP contribution in [0.4, 0.5) is 5.69 Å². The molecular weight excluding hydrogens is 264 g/mol. The Balaban J connectivity index is 2.04. The maximum atomic E-state index is 12.2. The van der Waals surface area contributed by atoms with Gasteiger partial charge in [0.25, 0.3) is 5.91 Å². The van der Waals surface area contributed by atoms with Crippen molar-refractivity contribution in [3.05, 3.63) is 64.7 Å². The van der Waals surface area contributed by atoms with Crippen LogP contribution < -0.4 is 11.1 Å². The zero-order valence-corrected chi connectivity index (χ0v) is 12.3. The Kier molecular flexibility index (Phi) is 4.95. The highest BCUT2D eigenvalue weighted by molar-refractivity contribution is 5.96. The zero-order chi connectivity index (χ0) is 15.2. The summed E-state index contributed by atoms with van der Waals surface area (Å²) in [5.74, 6) is -0.114. The Hall–Kier alpha value is -2.33. The zero-order valence-electron chi connectivity index (χ0n) is 12.3. The minimum atomic E-state index is -0.114. The van der Waals surface area contributed by atoms with E-state index in [1.54, 1.807) is 25.3 Å². The number of carbonyl (C=O) groups is 1. The van der Waals surface area contributed by atoms with Gasteiger partial charge in [-0.2, -0.15) is 0 Å². The Labute approximate surface area is 124 Å². The van der Waals surface area contributed by atoms with Gasteiger partial charge in [0.15, 0.2) is 0 Å². The summed E-state index contributed by atoms with van der Waals surface area (Å²) in [5.41, 5.74) is 10.0. The number of anilines is 1. The Morgan fingerprint density at radius 2 is 1.90 bits per heavy atom. The number of carbonyl (C=O) groups excluding carboxylic acids is 1. The number of nitrogens with one attached hydrogen (secondary N) is 1. The summed E-state index contributed by atoms with van der Waals surface area (Å²) in [4.78, 5) is 12.2. The molecule has 0 heterocycles. The van der Waals surface area contributed by atoms with Crippen molar-refractivity contribution in [1.29, 1.82) is 0 Å². The van der Waals surface area contributed by atoms with Crippen LogP contribution in [0.25, 0.3) is 0 Å². The maximum Gasteiger partial charge on any atom is 0.251 e. The fraction of sp³-hybridized carbons (Fsp3) is 0.235. The number of amides is 1. The molecule has 0 aliphatic carbocycles. The highest BCUT2D eigenvalue weighted by atomic mass is 16.5. The molecule has 0 aromatic heterocycles. The van der Waals surface area contributed by atoms with Gasteiger partial charge in [-0.3, -0.25) is 4.79 Å². The van der Waals surface area contributed by atoms with Crippen LogP contribution in [-0.2, 0) is 17.9 Å². The van der Waals surface area contributed by atoms with Crippen molar-refractivity contribution in [2.24, 2.45) is 0 Å². The number of methoxy groups -OCH3 is 1. The van der Waals surface area contributed by atoms with Crippen molar-refractivity contribution < 1.29 is 9.53 Å². The Bertz CT molecular complexity index is 638. The second-order valence-corrected chi connectivity index (χ2v) is 4.96. The van der Waals surface area contributed by atoms with E-state index in [4.69, 9.17) is 10.5 Å². The van der Waals surface area contributed by atoms with Crippen LogP contribution in [0.1, 0.15) is 27.0 Å². The normalized spacial score (nSPS) is 10.4. The summed E-state index contributed by atoms with van der Waals surface area (Å²) in [7, 11) is 1.66. The molecule has 2 rings (SSSR count). The van der Waals surface area contributed by atoms with Gasteiger partial charge in [-0.1, -0.05) is 30.3 Å². The molecule has 4 nitrogen and oxygen atoms in total. The van der Waals surface area contributed by atoms with Crippen LogP contribution in [0.15, 0.2) is 42.5 Å². The molecule has 21 heavy (non-hydrogen) atoms. The molecule has 0 saturated heterocycles. The average Bonchev–Trinajstić information content (AvgIpc) is 2.48. The minimum Gasteiger partial charge on any atom is -0.398 e. The van der Waals surface area contributed by atoms with Crippen molar-refractivity contribution in [3.8, 4) is 0 Å². The SMILES string of the molecule is COCc1cccc(CNC(=O)c2cccc(N)c2C)c1. The van der Waals surface area contributed by atoms with Gasteiger partial charge >= 0.3 is 0 Å². The summed E-state index contributed by atoms with van der Waals surface area (Å²) in [5, 5.41) is 2.92. The standard InChI is InChI=1S/C17H20N2O2/c1-12-15(7-4-8-16(12)18)17(20)19-10-13-5-3-6-14(9-13)11-21-2/h3-9H,10-11,18H2,1-2H3,(H,19,20). The highest BCUT2D eigenvalue weighted by Gasteiger charge is 2.10. The van der Waals surface area contributed by atoms with Crippen molar-refractivity contribution in [1.82, 2.24) is 5.32 Å². The summed E-state index contributed by atoms with van der Waals surface area (Å²) in [6, 6.07) is 13.3. The summed E-state index contributed by atoms with van der Waals surface area (Å²) in [6.45, 7) is 2.89. The fourth-order valence-corrected chi connectivity index (χ4v) is 2.17. The average molecular weight is 284 g/mol. The topological polar surface area (TPSA) is 64.3 Å². The van der Waals surface area contributed by atoms with Gasteiger partial charge in [0.05, 0.1) is 6.61 Å². The van der Waals surface area contributed by atoms with Crippen LogP contribution in [0, 0.1) is 6.92 Å². The van der Waals surface area contributed by atoms with Crippen LogP contribution in [-0.4, -0.2) is 13.0 Å². The molecule has 0 saturated carbocycles. The smallest absolute Gasteiger partial charge is 0.251 e. The highest BCUT2D eigenvalue weighted by Crippen LogP contribution is 2.15. The van der Waals surface area contributed by atoms with Crippen molar-refractivity contribution in [3.63, 3.8) is 0 Å². The number of benzene rings is 2. The largest absolute Gasteiger partial charge is 0.398 e. The molecule has 2 aromatic rings. The molecular formula is C17H20N2O2. The number of hydrogen-bond donors (Lipinski definition) is 2. The first-order valence-corrected chi connectivity index (χ1v) is 6.82. The predicted octanol–water partition coefficient (Wildman–Crippen LogP) is 2.65. The summed E-state index contributed by atoms with van der Waals surface area (Å²) < 4.78 is 5.11. The van der Waals surface area contributed by atoms with E-state index in [9.17, 15) is 4.79 Å². The molecule has 0 fully saturated rings. The maximum absolute atomic E-state index is 12.2. The van der Waals surface area contributed by atoms with Gasteiger partial charge in [0, 0.05) is 24.9 Å². The number of ether oxygens (including phenoxy) is 1. The van der Waals surface area contributed by atoms with Crippen LogP contribution in [0.3, 0.4) is 0 Å². The third kappa shape index (κ3) is 3.83. The molecule has 0 aliphatic rings. The number of nitrogen functional groups attached to an aromatic ring is 1. The molecule has 0 aliphatic heterocycles. The molecule has 4 heteroatoms. The first kappa shape index (κ1) is 15.1. The van der Waals surface area contributed by atoms with Gasteiger partial charge < -0.3 is 15.8 Å². The van der Waals surface area contributed by atoms with Crippen LogP contribution >= 0.6 is 0 Å². The molecule has 0 bridgehead atoms. The van der Waals surface area contributed by atoms with Gasteiger partial charge in [0.1, 0.15) is 0 Å². The van der Waals surface area contributed by atoms with E-state index in [2.05, 4.69) is 5.32 Å². The van der Waals surface area contributed by atoms with Crippen molar-refractivity contribution in [2.45, 2.75) is 20.1 Å². The lowest BCUT2D eigenvalue weighted by Gasteiger charge is -2.10. The van der Waals surface area contributed by atoms with Crippen molar-refractivity contribution >= 4 is 11.6 Å². The van der Waals surface area contributed by atoms with E-state index in [1.165, 1.54) is 0 Å². The fourth-order valence-electron chi connectivity index (χ4n) is 2.17. The lowest BCUT2D eigenvalue weighted by atomic mass is 10.1. The molecule has 0 spiro atoms. The monoisotopic (exact) mass is 284 g/mol.